The Balaban J connectivity index is 0.000000385. The number of halogens is 1. The summed E-state index contributed by atoms with van der Waals surface area (Å²) < 4.78 is 39.6. The van der Waals surface area contributed by atoms with Crippen LogP contribution in [0.1, 0.15) is 25.7 Å². The molecule has 1 fully saturated rings. The molecule has 0 unspecified atom stereocenters. The third-order valence-corrected chi connectivity index (χ3v) is 2.62. The summed E-state index contributed by atoms with van der Waals surface area (Å²) in [6, 6.07) is 0. The molecule has 0 aliphatic heterocycles. The van der Waals surface area contributed by atoms with Crippen molar-refractivity contribution in [3.05, 3.63) is 0 Å². The van der Waals surface area contributed by atoms with Gasteiger partial charge in [0.25, 0.3) is 0 Å². The molecule has 1 rings (SSSR count). The lowest BCUT2D eigenvalue weighted by Gasteiger charge is -2.24. The molecule has 0 amide bonds. The van der Waals surface area contributed by atoms with Crippen LogP contribution in [0.25, 0.3) is 0 Å². The molecule has 16 heavy (non-hydrogen) atoms. The van der Waals surface area contributed by atoms with Crippen molar-refractivity contribution in [3.63, 3.8) is 0 Å². The maximum atomic E-state index is 9.50. The highest BCUT2D eigenvalue weighted by Crippen LogP contribution is 2.22. The van der Waals surface area contributed by atoms with Gasteiger partial charge in [0.1, 0.15) is 29.8 Å². The molecule has 0 saturated heterocycles. The minimum atomic E-state index is -4.94. The Morgan fingerprint density at radius 3 is 1.94 bits per heavy atom. The SMILES string of the molecule is C[S+](C)O[C@H]1CCCC[C@@H]1O.[O-][Cl+3]([O-])([O-])[O-]. The van der Waals surface area contributed by atoms with E-state index in [4.69, 9.17) is 22.8 Å². The molecule has 0 aromatic carbocycles. The van der Waals surface area contributed by atoms with Crippen LogP contribution in [-0.2, 0) is 15.4 Å². The maximum Gasteiger partial charge on any atom is 0.141 e. The summed E-state index contributed by atoms with van der Waals surface area (Å²) in [5.41, 5.74) is 0. The molecule has 8 heteroatoms. The van der Waals surface area contributed by atoms with Crippen LogP contribution in [-0.4, -0.2) is 29.8 Å². The smallest absolute Gasteiger partial charge is 0.141 e. The first-order valence-corrected chi connectivity index (χ1v) is 7.94. The van der Waals surface area contributed by atoms with Crippen molar-refractivity contribution in [3.8, 4) is 0 Å². The van der Waals surface area contributed by atoms with Crippen molar-refractivity contribution in [2.45, 2.75) is 37.9 Å². The zero-order valence-corrected chi connectivity index (χ0v) is 10.8. The van der Waals surface area contributed by atoms with Gasteiger partial charge in [-0.25, -0.2) is 18.6 Å². The van der Waals surface area contributed by atoms with Crippen molar-refractivity contribution in [2.75, 3.05) is 12.5 Å². The second-order valence-corrected chi connectivity index (χ2v) is 6.04. The number of aliphatic hydroxyl groups is 1. The lowest BCUT2D eigenvalue weighted by atomic mass is 9.95. The van der Waals surface area contributed by atoms with E-state index in [9.17, 15) is 5.11 Å². The van der Waals surface area contributed by atoms with E-state index >= 15 is 0 Å². The maximum absolute atomic E-state index is 9.50. The van der Waals surface area contributed by atoms with Gasteiger partial charge in [0, 0.05) is 0 Å². The minimum Gasteiger partial charge on any atom is -0.390 e. The fourth-order valence-corrected chi connectivity index (χ4v) is 2.16. The molecule has 1 aliphatic carbocycles. The standard InChI is InChI=1S/C8H17O2S.ClHO4/c1-11(2)10-8-6-4-3-5-7(8)9;2-1(3,4)5/h7-9H,3-6H2,1-2H3;(H,2,3,4,5)/q+1;/p-1/t7-,8-;/m0./s1. The predicted octanol–water partition coefficient (Wildman–Crippen LogP) is -3.66. The normalized spacial score (nSPS) is 26.2. The lowest BCUT2D eigenvalue weighted by molar-refractivity contribution is -2.00. The number of hydrogen-bond acceptors (Lipinski definition) is 6. The molecule has 0 spiro atoms. The van der Waals surface area contributed by atoms with E-state index in [0.717, 1.165) is 19.3 Å². The first-order chi connectivity index (χ1) is 7.20. The molecule has 1 N–H and O–H groups in total. The second-order valence-electron chi connectivity index (χ2n) is 3.61. The van der Waals surface area contributed by atoms with E-state index in [2.05, 4.69) is 0 Å². The molecule has 0 aromatic heterocycles. The quantitative estimate of drug-likeness (QED) is 0.519. The first-order valence-electron chi connectivity index (χ1n) is 4.74. The summed E-state index contributed by atoms with van der Waals surface area (Å²) >= 11 is 0.00619. The number of hydrogen-bond donors (Lipinski definition) is 1. The molecule has 0 aromatic rings. The van der Waals surface area contributed by atoms with Crippen LogP contribution in [0.15, 0.2) is 0 Å². The average molecular weight is 277 g/mol. The van der Waals surface area contributed by atoms with Gasteiger partial charge in [-0.3, -0.25) is 0 Å². The molecule has 6 nitrogen and oxygen atoms in total. The highest BCUT2D eigenvalue weighted by atomic mass is 35.7. The van der Waals surface area contributed by atoms with Crippen LogP contribution >= 0.6 is 0 Å². The van der Waals surface area contributed by atoms with Gasteiger partial charge in [0.15, 0.2) is 0 Å². The minimum absolute atomic E-state index is 0.00619. The van der Waals surface area contributed by atoms with Gasteiger partial charge in [-0.2, -0.15) is 4.18 Å². The van der Waals surface area contributed by atoms with Crippen molar-refractivity contribution < 1.29 is 38.2 Å². The molecule has 0 heterocycles. The van der Waals surface area contributed by atoms with Crippen molar-refractivity contribution in [1.29, 1.82) is 0 Å². The number of rotatable bonds is 2. The monoisotopic (exact) mass is 276 g/mol. The van der Waals surface area contributed by atoms with Gasteiger partial charge < -0.3 is 5.11 Å². The van der Waals surface area contributed by atoms with Gasteiger partial charge in [-0.15, -0.1) is 10.2 Å². The van der Waals surface area contributed by atoms with Crippen LogP contribution in [0, 0.1) is 10.2 Å². The van der Waals surface area contributed by atoms with Gasteiger partial charge in [0.05, 0.1) is 6.10 Å². The summed E-state index contributed by atoms with van der Waals surface area (Å²) in [5, 5.41) is 9.50. The molecule has 2 atom stereocenters. The zero-order valence-electron chi connectivity index (χ0n) is 9.26. The zero-order chi connectivity index (χ0) is 12.8. The molecular formula is C8H17ClO6S. The fourth-order valence-electron chi connectivity index (χ4n) is 1.44. The Morgan fingerprint density at radius 2 is 1.56 bits per heavy atom. The molecule has 1 saturated carbocycles. The Kier molecular flexibility index (Phi) is 7.87. The average Bonchev–Trinajstić information content (AvgIpc) is 2.05. The molecule has 0 radical (unpaired) electrons. The van der Waals surface area contributed by atoms with E-state index in [1.165, 1.54) is 6.42 Å². The first kappa shape index (κ1) is 16.4. The summed E-state index contributed by atoms with van der Waals surface area (Å²) in [6.07, 6.45) is 8.30. The van der Waals surface area contributed by atoms with Crippen molar-refractivity contribution in [1.82, 2.24) is 0 Å². The summed E-state index contributed by atoms with van der Waals surface area (Å²) in [7, 11) is -4.94. The van der Waals surface area contributed by atoms with E-state index < -0.39 is 10.2 Å². The molecular weight excluding hydrogens is 260 g/mol. The third kappa shape index (κ3) is 10.9. The Morgan fingerprint density at radius 1 is 1.12 bits per heavy atom. The summed E-state index contributed by atoms with van der Waals surface area (Å²) in [6.45, 7) is 0. The van der Waals surface area contributed by atoms with Gasteiger partial charge >= 0.3 is 0 Å². The van der Waals surface area contributed by atoms with Crippen LogP contribution in [0.4, 0.5) is 0 Å². The second kappa shape index (κ2) is 7.67. The van der Waals surface area contributed by atoms with E-state index in [-0.39, 0.29) is 23.4 Å². The van der Waals surface area contributed by atoms with Crippen molar-refractivity contribution >= 4 is 11.2 Å². The largest absolute Gasteiger partial charge is 0.390 e. The van der Waals surface area contributed by atoms with E-state index in [1.54, 1.807) is 0 Å². The van der Waals surface area contributed by atoms with Gasteiger partial charge in [-0.1, -0.05) is 12.8 Å². The van der Waals surface area contributed by atoms with Crippen LogP contribution in [0.2, 0.25) is 0 Å². The van der Waals surface area contributed by atoms with E-state index in [0.29, 0.717) is 0 Å². The fraction of sp³-hybridized carbons (Fsp3) is 1.00. The summed E-state index contributed by atoms with van der Waals surface area (Å²) in [5.74, 6) is 0. The molecule has 1 aliphatic rings. The highest BCUT2D eigenvalue weighted by Gasteiger charge is 2.28. The topological polar surface area (TPSA) is 122 Å². The molecule has 0 bridgehead atoms. The number of aliphatic hydroxyl groups excluding tert-OH is 1. The Bertz CT molecular complexity index is 180. The van der Waals surface area contributed by atoms with E-state index in [1.807, 2.05) is 12.5 Å². The van der Waals surface area contributed by atoms with Crippen LogP contribution < -0.4 is 18.6 Å². The predicted molar refractivity (Wildman–Crippen MR) is 48.6 cm³/mol. The highest BCUT2D eigenvalue weighted by molar-refractivity contribution is 7.90. The molecule has 98 valence electrons. The van der Waals surface area contributed by atoms with Crippen LogP contribution in [0.3, 0.4) is 0 Å². The van der Waals surface area contributed by atoms with Crippen LogP contribution in [0.5, 0.6) is 0 Å². The Hall–Kier alpha value is 0.400. The van der Waals surface area contributed by atoms with Gasteiger partial charge in [0.2, 0.25) is 0 Å². The van der Waals surface area contributed by atoms with Gasteiger partial charge in [-0.05, 0) is 12.8 Å². The lowest BCUT2D eigenvalue weighted by Crippen LogP contribution is -2.68. The van der Waals surface area contributed by atoms with Crippen molar-refractivity contribution in [2.24, 2.45) is 0 Å². The Labute approximate surface area is 100 Å². The summed E-state index contributed by atoms with van der Waals surface area (Å²) in [4.78, 5) is 0. The third-order valence-electron chi connectivity index (χ3n) is 1.98.